The van der Waals surface area contributed by atoms with Gasteiger partial charge in [0.05, 0.1) is 61.4 Å². The van der Waals surface area contributed by atoms with Gasteiger partial charge in [0.15, 0.2) is 31.3 Å². The largest absolute Gasteiger partial charge is 0.396 e. The Labute approximate surface area is 427 Å². The number of alkyl halides is 1. The molecule has 23 heteroatoms. The molecule has 2 aliphatic heterocycles. The first kappa shape index (κ1) is 55.2. The minimum absolute atomic E-state index is 0.0575. The number of urea groups is 2. The molecule has 8 rings (SSSR count). The van der Waals surface area contributed by atoms with Crippen LogP contribution >= 0.6 is 0 Å². The lowest BCUT2D eigenvalue weighted by molar-refractivity contribution is 0.0984. The molecule has 4 aliphatic rings. The number of amides is 4. The first-order chi connectivity index (χ1) is 35.1. The lowest BCUT2D eigenvalue weighted by Crippen LogP contribution is -2.46. The van der Waals surface area contributed by atoms with E-state index in [4.69, 9.17) is 29.4 Å². The molecule has 4 amide bonds. The Morgan fingerprint density at radius 3 is 1.42 bits per heavy atom. The van der Waals surface area contributed by atoms with Gasteiger partial charge in [-0.3, -0.25) is 0 Å². The minimum atomic E-state index is -3.56. The third kappa shape index (κ3) is 12.7. The van der Waals surface area contributed by atoms with Gasteiger partial charge in [-0.25, -0.2) is 50.8 Å². The minimum Gasteiger partial charge on any atom is -0.396 e. The van der Waals surface area contributed by atoms with Gasteiger partial charge in [-0.2, -0.15) is 0 Å². The number of carbonyl (C=O) groups excluding carboxylic acids is 2. The van der Waals surface area contributed by atoms with Gasteiger partial charge in [-0.15, -0.1) is 0 Å². The molecule has 2 saturated carbocycles. The van der Waals surface area contributed by atoms with Crippen LogP contribution in [0.4, 0.5) is 37.0 Å². The fraction of sp³-hybridized carbons (Fsp3) is 0.560. The maximum absolute atomic E-state index is 13.4. The predicted molar refractivity (Wildman–Crippen MR) is 278 cm³/mol. The number of hydrogen-bond acceptors (Lipinski definition) is 16. The van der Waals surface area contributed by atoms with Gasteiger partial charge in [0.2, 0.25) is 0 Å². The van der Waals surface area contributed by atoms with Gasteiger partial charge in [-0.1, -0.05) is 0 Å². The number of carbonyl (C=O) groups is 2. The van der Waals surface area contributed by atoms with Crippen molar-refractivity contribution in [1.82, 2.24) is 30.6 Å². The van der Waals surface area contributed by atoms with Crippen LogP contribution in [0.15, 0.2) is 60.7 Å². The van der Waals surface area contributed by atoms with Crippen molar-refractivity contribution in [3.8, 4) is 22.8 Å². The zero-order chi connectivity index (χ0) is 52.2. The van der Waals surface area contributed by atoms with Crippen LogP contribution in [-0.2, 0) is 38.6 Å². The Kier molecular flexibility index (Phi) is 18.6. The average molecular weight is 1050 g/mol. The summed E-state index contributed by atoms with van der Waals surface area (Å²) in [5, 5.41) is 29.0. The highest BCUT2D eigenvalue weighted by molar-refractivity contribution is 7.92. The van der Waals surface area contributed by atoms with Crippen molar-refractivity contribution < 1.29 is 50.5 Å². The van der Waals surface area contributed by atoms with E-state index >= 15 is 0 Å². The number of hydrogen-bond donors (Lipinski definition) is 6. The second-order valence-corrected chi connectivity index (χ2v) is 23.6. The zero-order valence-electron chi connectivity index (χ0n) is 41.8. The number of nitrogens with zero attached hydrogens (tertiary/aromatic N) is 6. The molecule has 2 saturated heterocycles. The van der Waals surface area contributed by atoms with Crippen LogP contribution in [0, 0.1) is 0 Å². The third-order valence-electron chi connectivity index (χ3n) is 13.9. The van der Waals surface area contributed by atoms with Crippen LogP contribution in [0.3, 0.4) is 0 Å². The quantitative estimate of drug-likeness (QED) is 0.0694. The number of aliphatic hydroxyl groups excluding tert-OH is 2. The number of aliphatic hydroxyl groups is 2. The Morgan fingerprint density at radius 2 is 1.08 bits per heavy atom. The van der Waals surface area contributed by atoms with Gasteiger partial charge in [0.25, 0.3) is 0 Å². The van der Waals surface area contributed by atoms with Gasteiger partial charge >= 0.3 is 12.1 Å². The molecule has 2 aliphatic carbocycles. The first-order valence-corrected chi connectivity index (χ1v) is 28.4. The first-order valence-electron chi connectivity index (χ1n) is 25.1. The topological polar surface area (TPSA) is 267 Å². The molecule has 0 bridgehead atoms. The monoisotopic (exact) mass is 1050 g/mol. The molecular formula is C50H69FN10O10S2. The summed E-state index contributed by atoms with van der Waals surface area (Å²) in [5.41, 5.74) is 3.52. The lowest BCUT2D eigenvalue weighted by Gasteiger charge is -2.41. The smallest absolute Gasteiger partial charge is 0.319 e. The Hall–Kier alpha value is -5.59. The standard InChI is InChI=1S/C25H34FN5O5S.C25H35N5O5S/c1-18-17-36-14-12-31(18)22-16-21(25(8-2-9-25)37(34,35)15-3-13-32)29-23(30-22)19-4-6-20(7-5-19)28-24(33)27-11-10-26;1-3-26-24(32)27-20-8-6-19(7-9-20)23-28-21(16-22(29-23)30-12-14-35-17-18(30)2)25(10-4-11-25)36(33,34)15-5-13-31/h4-7,16,18,32H,2-3,8-15,17H2,1H3,(H2,27,28,33);6-9,16,18,31H,3-5,10-15,17H2,1-2H3,(H2,26,27,32)/t2*18-/m00/s1. The Balaban J connectivity index is 0.000000214. The zero-order valence-corrected chi connectivity index (χ0v) is 43.4. The summed E-state index contributed by atoms with van der Waals surface area (Å²) in [6, 6.07) is 17.0. The van der Waals surface area contributed by atoms with Crippen molar-refractivity contribution in [2.24, 2.45) is 0 Å². The highest BCUT2D eigenvalue weighted by Crippen LogP contribution is 2.50. The van der Waals surface area contributed by atoms with Crippen LogP contribution in [0.25, 0.3) is 22.8 Å². The summed E-state index contributed by atoms with van der Waals surface area (Å²) in [6.45, 7) is 8.87. The molecule has 398 valence electrons. The lowest BCUT2D eigenvalue weighted by atomic mass is 9.81. The molecular weight excluding hydrogens is 984 g/mol. The van der Waals surface area contributed by atoms with Crippen molar-refractivity contribution >= 4 is 54.7 Å². The highest BCUT2D eigenvalue weighted by atomic mass is 32.2. The number of morpholine rings is 2. The summed E-state index contributed by atoms with van der Waals surface area (Å²) in [4.78, 5) is 47.1. The predicted octanol–water partition coefficient (Wildman–Crippen LogP) is 5.32. The molecule has 4 heterocycles. The normalized spacial score (nSPS) is 19.3. The second kappa shape index (κ2) is 24.6. The van der Waals surface area contributed by atoms with E-state index in [-0.39, 0.29) is 62.2 Å². The summed E-state index contributed by atoms with van der Waals surface area (Å²) in [6.07, 6.45) is 3.94. The molecule has 2 aromatic heterocycles. The Morgan fingerprint density at radius 1 is 0.671 bits per heavy atom. The average Bonchev–Trinajstić information content (AvgIpc) is 3.34. The van der Waals surface area contributed by atoms with Crippen LogP contribution in [0.2, 0.25) is 0 Å². The second-order valence-electron chi connectivity index (χ2n) is 18.8. The van der Waals surface area contributed by atoms with Crippen molar-refractivity contribution in [3.05, 3.63) is 72.1 Å². The van der Waals surface area contributed by atoms with E-state index in [1.807, 2.05) is 32.0 Å². The molecule has 0 unspecified atom stereocenters. The van der Waals surface area contributed by atoms with Crippen LogP contribution in [-0.4, -0.2) is 155 Å². The summed E-state index contributed by atoms with van der Waals surface area (Å²) in [5.74, 6) is 1.98. The van der Waals surface area contributed by atoms with Gasteiger partial charge < -0.3 is 50.8 Å². The molecule has 0 radical (unpaired) electrons. The molecule has 4 fully saturated rings. The number of halogens is 1. The molecule has 4 aromatic rings. The number of benzene rings is 2. The summed E-state index contributed by atoms with van der Waals surface area (Å²) >= 11 is 0. The molecule has 2 atom stereocenters. The molecule has 20 nitrogen and oxygen atoms in total. The van der Waals surface area contributed by atoms with E-state index in [0.717, 1.165) is 18.4 Å². The fourth-order valence-electron chi connectivity index (χ4n) is 9.45. The summed E-state index contributed by atoms with van der Waals surface area (Å²) in [7, 11) is -7.10. The van der Waals surface area contributed by atoms with Gasteiger partial charge in [0.1, 0.15) is 27.8 Å². The van der Waals surface area contributed by atoms with Crippen LogP contribution in [0.1, 0.15) is 83.5 Å². The number of rotatable bonds is 19. The van der Waals surface area contributed by atoms with Crippen LogP contribution < -0.4 is 31.1 Å². The number of aromatic nitrogens is 4. The Bertz CT molecular complexity index is 2730. The van der Waals surface area contributed by atoms with Crippen molar-refractivity contribution in [2.75, 3.05) is 104 Å². The number of sulfone groups is 2. The van der Waals surface area contributed by atoms with E-state index in [1.54, 1.807) is 42.5 Å². The van der Waals surface area contributed by atoms with E-state index in [9.17, 15) is 41.0 Å². The third-order valence-corrected chi connectivity index (χ3v) is 19.1. The molecule has 0 spiro atoms. The number of ether oxygens (including phenoxy) is 2. The van der Waals surface area contributed by atoms with Gasteiger partial charge in [0, 0.05) is 74.0 Å². The fourth-order valence-corrected chi connectivity index (χ4v) is 13.9. The number of nitrogens with one attached hydrogen (secondary N) is 4. The number of anilines is 4. The molecule has 2 aromatic carbocycles. The highest BCUT2D eigenvalue weighted by Gasteiger charge is 2.52. The van der Waals surface area contributed by atoms with Crippen molar-refractivity contribution in [1.29, 1.82) is 0 Å². The van der Waals surface area contributed by atoms with Crippen LogP contribution in [0.5, 0.6) is 0 Å². The SMILES string of the molecule is CCNC(=O)Nc1ccc(-c2nc(N3CCOC[C@@H]3C)cc(C3(S(=O)(=O)CCCO)CCC3)n2)cc1.C[C@H]1COCCN1c1cc(C2(S(=O)(=O)CCCO)CCC2)nc(-c2ccc(NC(=O)NCCF)cc2)n1. The van der Waals surface area contributed by atoms with E-state index in [1.165, 1.54) is 0 Å². The van der Waals surface area contributed by atoms with E-state index in [2.05, 4.69) is 38.0 Å². The molecule has 6 N–H and O–H groups in total. The van der Waals surface area contributed by atoms with E-state index < -0.39 is 41.9 Å². The molecule has 73 heavy (non-hydrogen) atoms. The maximum Gasteiger partial charge on any atom is 0.319 e. The van der Waals surface area contributed by atoms with Gasteiger partial charge in [-0.05, 0) is 121 Å². The van der Waals surface area contributed by atoms with E-state index in [0.29, 0.717) is 123 Å². The maximum atomic E-state index is 13.4. The summed E-state index contributed by atoms with van der Waals surface area (Å²) < 4.78 is 75.1. The van der Waals surface area contributed by atoms with Crippen molar-refractivity contribution in [3.63, 3.8) is 0 Å². The van der Waals surface area contributed by atoms with Crippen molar-refractivity contribution in [2.45, 2.75) is 93.7 Å².